The highest BCUT2D eigenvalue weighted by Gasteiger charge is 2.08. The van der Waals surface area contributed by atoms with Crippen LogP contribution in [0.2, 0.25) is 0 Å². The molecule has 1 unspecified atom stereocenters. The Morgan fingerprint density at radius 2 is 1.96 bits per heavy atom. The number of benzene rings is 1. The first kappa shape index (κ1) is 16.4. The number of imidazole rings is 1. The number of hydrogen-bond donors (Lipinski definition) is 0. The molecule has 0 amide bonds. The van der Waals surface area contributed by atoms with Crippen molar-refractivity contribution in [3.63, 3.8) is 0 Å². The van der Waals surface area contributed by atoms with Gasteiger partial charge in [0.2, 0.25) is 0 Å². The molecule has 7 heteroatoms. The lowest BCUT2D eigenvalue weighted by molar-refractivity contribution is 0.340. The highest BCUT2D eigenvalue weighted by atomic mass is 32.2. The van der Waals surface area contributed by atoms with E-state index in [1.54, 1.807) is 30.9 Å². The van der Waals surface area contributed by atoms with Crippen LogP contribution in [0.1, 0.15) is 12.5 Å². The van der Waals surface area contributed by atoms with Gasteiger partial charge in [-0.1, -0.05) is 17.1 Å². The molecule has 3 rings (SSSR count). The molecule has 2 aromatic heterocycles. The van der Waals surface area contributed by atoms with Crippen LogP contribution in [-0.4, -0.2) is 29.9 Å². The van der Waals surface area contributed by atoms with Crippen molar-refractivity contribution in [1.82, 2.24) is 14.5 Å². The fraction of sp³-hybridized carbons (Fsp3) is 0.176. The van der Waals surface area contributed by atoms with E-state index in [1.807, 2.05) is 35.8 Å². The van der Waals surface area contributed by atoms with Crippen LogP contribution >= 0.6 is 0 Å². The van der Waals surface area contributed by atoms with Gasteiger partial charge in [0.15, 0.2) is 0 Å². The largest absolute Gasteiger partial charge is 0.772 e. The van der Waals surface area contributed by atoms with E-state index >= 15 is 0 Å². The smallest absolute Gasteiger partial charge is 0.138 e. The molecule has 0 aliphatic heterocycles. The summed E-state index contributed by atoms with van der Waals surface area (Å²) in [5.74, 6) is 1.46. The Morgan fingerprint density at radius 3 is 2.58 bits per heavy atom. The first-order valence-corrected chi connectivity index (χ1v) is 8.68. The molecule has 3 aromatic rings. The van der Waals surface area contributed by atoms with Crippen molar-refractivity contribution in [1.29, 1.82) is 0 Å². The minimum atomic E-state index is -2.12. The molecule has 1 atom stereocenters. The normalized spacial score (nSPS) is 12.1. The van der Waals surface area contributed by atoms with Crippen molar-refractivity contribution in [2.45, 2.75) is 12.7 Å². The maximum atomic E-state index is 10.7. The van der Waals surface area contributed by atoms with Crippen LogP contribution in [0, 0.1) is 0 Å². The summed E-state index contributed by atoms with van der Waals surface area (Å²) in [6, 6.07) is 11.3. The predicted molar refractivity (Wildman–Crippen MR) is 90.6 cm³/mol. The monoisotopic (exact) mass is 342 g/mol. The van der Waals surface area contributed by atoms with Gasteiger partial charge in [0.05, 0.1) is 18.5 Å². The summed E-state index contributed by atoms with van der Waals surface area (Å²) in [4.78, 5) is 8.53. The zero-order chi connectivity index (χ0) is 16.9. The lowest BCUT2D eigenvalue weighted by Crippen LogP contribution is -2.00. The predicted octanol–water partition coefficient (Wildman–Crippen LogP) is 2.71. The van der Waals surface area contributed by atoms with Gasteiger partial charge in [-0.3, -0.25) is 8.78 Å². The maximum Gasteiger partial charge on any atom is 0.138 e. The van der Waals surface area contributed by atoms with E-state index in [2.05, 4.69) is 9.97 Å². The molecule has 0 radical (unpaired) electrons. The SMILES string of the molecule is CCOc1ccc(-c2cncn2-c2ccc(CS(=O)[O-])cn2)cc1. The molecule has 0 bridgehead atoms. The fourth-order valence-corrected chi connectivity index (χ4v) is 2.80. The summed E-state index contributed by atoms with van der Waals surface area (Å²) >= 11 is -2.12. The number of aromatic nitrogens is 3. The Balaban J connectivity index is 1.88. The first-order valence-electron chi connectivity index (χ1n) is 7.44. The summed E-state index contributed by atoms with van der Waals surface area (Å²) in [6.07, 6.45) is 5.00. The summed E-state index contributed by atoms with van der Waals surface area (Å²) < 4.78 is 28.8. The van der Waals surface area contributed by atoms with Crippen molar-refractivity contribution in [2.24, 2.45) is 0 Å². The molecule has 0 saturated heterocycles. The highest BCUT2D eigenvalue weighted by molar-refractivity contribution is 7.78. The topological polar surface area (TPSA) is 80.1 Å². The van der Waals surface area contributed by atoms with E-state index in [1.165, 1.54) is 0 Å². The fourth-order valence-electron chi connectivity index (χ4n) is 2.36. The molecule has 0 aliphatic rings. The minimum absolute atomic E-state index is 0.0387. The third-order valence-electron chi connectivity index (χ3n) is 3.44. The van der Waals surface area contributed by atoms with Gasteiger partial charge in [-0.25, -0.2) is 9.97 Å². The quantitative estimate of drug-likeness (QED) is 0.644. The lowest BCUT2D eigenvalue weighted by Gasteiger charge is -2.10. The molecule has 2 heterocycles. The van der Waals surface area contributed by atoms with E-state index in [0.717, 1.165) is 17.0 Å². The van der Waals surface area contributed by atoms with Crippen LogP contribution in [0.4, 0.5) is 0 Å². The van der Waals surface area contributed by atoms with E-state index in [9.17, 15) is 8.76 Å². The third kappa shape index (κ3) is 3.69. The number of nitrogens with zero attached hydrogens (tertiary/aromatic N) is 3. The maximum absolute atomic E-state index is 10.7. The van der Waals surface area contributed by atoms with Crippen LogP contribution < -0.4 is 4.74 Å². The average Bonchev–Trinajstić information content (AvgIpc) is 3.06. The molecule has 0 spiro atoms. The second-order valence-electron chi connectivity index (χ2n) is 5.08. The third-order valence-corrected chi connectivity index (χ3v) is 4.01. The Hall–Kier alpha value is -2.51. The van der Waals surface area contributed by atoms with E-state index in [0.29, 0.717) is 18.0 Å². The second kappa shape index (κ2) is 7.37. The lowest BCUT2D eigenvalue weighted by atomic mass is 10.1. The van der Waals surface area contributed by atoms with Crippen LogP contribution in [0.3, 0.4) is 0 Å². The van der Waals surface area contributed by atoms with E-state index in [-0.39, 0.29) is 5.75 Å². The zero-order valence-corrected chi connectivity index (χ0v) is 13.9. The Morgan fingerprint density at radius 1 is 1.17 bits per heavy atom. The van der Waals surface area contributed by atoms with Gasteiger partial charge < -0.3 is 9.29 Å². The standard InChI is InChI=1S/C17H17N3O3S/c1-2-23-15-6-4-14(5-7-15)16-10-18-12-20(16)17-8-3-13(9-19-17)11-24(21)22/h3-10,12H,2,11H2,1H3,(H,21,22)/p-1. The molecule has 24 heavy (non-hydrogen) atoms. The Bertz CT molecular complexity index is 829. The molecule has 6 nitrogen and oxygen atoms in total. The van der Waals surface area contributed by atoms with Gasteiger partial charge >= 0.3 is 0 Å². The number of ether oxygens (including phenoxy) is 1. The van der Waals surface area contributed by atoms with E-state index < -0.39 is 11.1 Å². The number of pyridine rings is 1. The van der Waals surface area contributed by atoms with Crippen LogP contribution in [0.15, 0.2) is 55.1 Å². The minimum Gasteiger partial charge on any atom is -0.772 e. The van der Waals surface area contributed by atoms with Crippen LogP contribution in [0.25, 0.3) is 17.1 Å². The van der Waals surface area contributed by atoms with Crippen molar-refractivity contribution >= 4 is 11.1 Å². The molecule has 0 saturated carbocycles. The zero-order valence-electron chi connectivity index (χ0n) is 13.1. The first-order chi connectivity index (χ1) is 11.7. The molecule has 124 valence electrons. The van der Waals surface area contributed by atoms with Gasteiger partial charge in [-0.15, -0.1) is 0 Å². The van der Waals surface area contributed by atoms with Crippen molar-refractivity contribution in [2.75, 3.05) is 6.61 Å². The molecule has 0 N–H and O–H groups in total. The summed E-state index contributed by atoms with van der Waals surface area (Å²) in [6.45, 7) is 2.57. The van der Waals surface area contributed by atoms with Crippen molar-refractivity contribution < 1.29 is 13.5 Å². The molecule has 0 aliphatic carbocycles. The molecular weight excluding hydrogens is 326 g/mol. The number of rotatable bonds is 6. The van der Waals surface area contributed by atoms with Crippen LogP contribution in [0.5, 0.6) is 5.75 Å². The highest BCUT2D eigenvalue weighted by Crippen LogP contribution is 2.24. The number of hydrogen-bond acceptors (Lipinski definition) is 5. The van der Waals surface area contributed by atoms with Crippen LogP contribution in [-0.2, 0) is 16.8 Å². The van der Waals surface area contributed by atoms with Gasteiger partial charge in [-0.05, 0) is 42.8 Å². The molecule has 1 aromatic carbocycles. The summed E-state index contributed by atoms with van der Waals surface area (Å²) in [5, 5.41) is 0. The molecular formula is C17H16N3O3S-. The van der Waals surface area contributed by atoms with Gasteiger partial charge in [-0.2, -0.15) is 0 Å². The Labute approximate surface area is 142 Å². The van der Waals surface area contributed by atoms with Crippen molar-refractivity contribution in [3.05, 3.63) is 60.7 Å². The summed E-state index contributed by atoms with van der Waals surface area (Å²) in [5.41, 5.74) is 2.53. The van der Waals surface area contributed by atoms with E-state index in [4.69, 9.17) is 4.74 Å². The van der Waals surface area contributed by atoms with Crippen molar-refractivity contribution in [3.8, 4) is 22.8 Å². The second-order valence-corrected chi connectivity index (χ2v) is 5.98. The average molecular weight is 342 g/mol. The Kier molecular flexibility index (Phi) is 5.02. The van der Waals surface area contributed by atoms with Gasteiger partial charge in [0.1, 0.15) is 17.9 Å². The molecule has 0 fully saturated rings. The van der Waals surface area contributed by atoms with Gasteiger partial charge in [0.25, 0.3) is 0 Å². The summed E-state index contributed by atoms with van der Waals surface area (Å²) in [7, 11) is 0. The van der Waals surface area contributed by atoms with Gasteiger partial charge in [0, 0.05) is 17.5 Å².